The van der Waals surface area contributed by atoms with Gasteiger partial charge in [0, 0.05) is 20.1 Å². The van der Waals surface area contributed by atoms with Gasteiger partial charge in [0.25, 0.3) is 0 Å². The molecule has 1 amide bonds. The summed E-state index contributed by atoms with van der Waals surface area (Å²) in [4.78, 5) is 11.3. The van der Waals surface area contributed by atoms with Crippen LogP contribution in [0.3, 0.4) is 0 Å². The lowest BCUT2D eigenvalue weighted by atomic mass is 9.48. The normalized spacial score (nSPS) is 48.3. The summed E-state index contributed by atoms with van der Waals surface area (Å²) in [5, 5.41) is 13.2. The molecule has 1 aliphatic heterocycles. The van der Waals surface area contributed by atoms with Crippen molar-refractivity contribution in [2.45, 2.75) is 117 Å². The van der Waals surface area contributed by atoms with Crippen LogP contribution in [0, 0.1) is 45.3 Å². The molecule has 4 aliphatic carbocycles. The molecule has 0 radical (unpaired) electrons. The van der Waals surface area contributed by atoms with Gasteiger partial charge in [-0.05, 0) is 110 Å². The van der Waals surface area contributed by atoms with E-state index in [1.165, 1.54) is 57.8 Å². The number of fused-ring (bicyclic) bond motifs is 4. The van der Waals surface area contributed by atoms with Gasteiger partial charge in [0.2, 0.25) is 5.91 Å². The third-order valence-electron chi connectivity index (χ3n) is 11.9. The molecule has 1 spiro atoms. The summed E-state index contributed by atoms with van der Waals surface area (Å²) in [5.74, 6) is 3.14. The summed E-state index contributed by atoms with van der Waals surface area (Å²) in [6, 6.07) is 0. The van der Waals surface area contributed by atoms with Crippen molar-refractivity contribution in [3.8, 4) is 0 Å². The number of hydrogen-bond acceptors (Lipinski definition) is 3. The van der Waals surface area contributed by atoms with E-state index in [2.05, 4.69) is 33.0 Å². The summed E-state index contributed by atoms with van der Waals surface area (Å²) in [6.45, 7) is 12.3. The van der Waals surface area contributed by atoms with E-state index < -0.39 is 0 Å². The van der Waals surface area contributed by atoms with Crippen molar-refractivity contribution in [1.29, 1.82) is 0 Å². The molecule has 5 fully saturated rings. The zero-order valence-electron chi connectivity index (χ0n) is 21.9. The molecule has 33 heavy (non-hydrogen) atoms. The van der Waals surface area contributed by atoms with Crippen LogP contribution >= 0.6 is 0 Å². The van der Waals surface area contributed by atoms with E-state index in [4.69, 9.17) is 4.74 Å². The predicted molar refractivity (Wildman–Crippen MR) is 132 cm³/mol. The second kappa shape index (κ2) is 8.22. The van der Waals surface area contributed by atoms with Crippen LogP contribution in [-0.2, 0) is 9.53 Å². The molecule has 2 N–H and O–H groups in total. The van der Waals surface area contributed by atoms with E-state index in [1.54, 1.807) is 6.92 Å². The predicted octanol–water partition coefficient (Wildman–Crippen LogP) is 5.72. The third kappa shape index (κ3) is 3.47. The second-order valence-corrected chi connectivity index (χ2v) is 13.7. The summed E-state index contributed by atoms with van der Waals surface area (Å²) in [5.41, 5.74) is 1.51. The number of hydrogen-bond donors (Lipinski definition) is 2. The first kappa shape index (κ1) is 24.1. The van der Waals surface area contributed by atoms with Gasteiger partial charge in [-0.25, -0.2) is 0 Å². The number of carbonyl (C=O) groups is 1. The monoisotopic (exact) mass is 459 g/mol. The van der Waals surface area contributed by atoms with E-state index in [9.17, 15) is 9.90 Å². The van der Waals surface area contributed by atoms with Crippen molar-refractivity contribution in [3.05, 3.63) is 0 Å². The third-order valence-corrected chi connectivity index (χ3v) is 11.9. The fraction of sp³-hybridized carbons (Fsp3) is 0.966. The highest BCUT2D eigenvalue weighted by atomic mass is 16.5. The number of rotatable bonds is 7. The maximum atomic E-state index is 11.3. The van der Waals surface area contributed by atoms with Crippen LogP contribution in [0.1, 0.15) is 105 Å². The minimum atomic E-state index is 0.0400. The molecule has 1 heterocycles. The minimum Gasteiger partial charge on any atom is -0.396 e. The molecule has 0 bridgehead atoms. The lowest BCUT2D eigenvalue weighted by molar-refractivity contribution is -0.119. The summed E-state index contributed by atoms with van der Waals surface area (Å²) < 4.78 is 6.76. The largest absolute Gasteiger partial charge is 0.396 e. The van der Waals surface area contributed by atoms with Crippen LogP contribution in [0.15, 0.2) is 0 Å². The van der Waals surface area contributed by atoms with E-state index in [0.29, 0.717) is 41.0 Å². The maximum Gasteiger partial charge on any atom is 0.216 e. The van der Waals surface area contributed by atoms with Crippen LogP contribution in [0.2, 0.25) is 0 Å². The second-order valence-electron chi connectivity index (χ2n) is 13.7. The molecule has 5 aliphatic rings. The van der Waals surface area contributed by atoms with Gasteiger partial charge >= 0.3 is 0 Å². The maximum absolute atomic E-state index is 11.3. The Morgan fingerprint density at radius 2 is 1.88 bits per heavy atom. The minimum absolute atomic E-state index is 0.0400. The highest BCUT2D eigenvalue weighted by molar-refractivity contribution is 5.72. The highest BCUT2D eigenvalue weighted by Crippen LogP contribution is 2.85. The van der Waals surface area contributed by atoms with Gasteiger partial charge in [-0.3, -0.25) is 4.79 Å². The Labute approximate surface area is 202 Å². The van der Waals surface area contributed by atoms with Gasteiger partial charge in [-0.2, -0.15) is 0 Å². The average Bonchev–Trinajstić information content (AvgIpc) is 3.34. The highest BCUT2D eigenvalue weighted by Gasteiger charge is 2.79. The number of ether oxygens (including phenoxy) is 1. The van der Waals surface area contributed by atoms with Gasteiger partial charge in [0.1, 0.15) is 0 Å². The van der Waals surface area contributed by atoms with E-state index >= 15 is 0 Å². The van der Waals surface area contributed by atoms with Gasteiger partial charge in [0.05, 0.1) is 12.2 Å². The van der Waals surface area contributed by atoms with Gasteiger partial charge < -0.3 is 15.2 Å². The topological polar surface area (TPSA) is 58.6 Å². The SMILES string of the molecule is CCC[C@]12C[C@]13CC[C@]1(C)C4CCC(CCNC(C)=O)OC4CC1C3CCC2C(C)(C)CO. The van der Waals surface area contributed by atoms with Gasteiger partial charge in [-0.15, -0.1) is 0 Å². The van der Waals surface area contributed by atoms with E-state index in [0.717, 1.165) is 37.1 Å². The molecule has 0 aromatic heterocycles. The first-order valence-electron chi connectivity index (χ1n) is 14.1. The Bertz CT molecular complexity index is 766. The van der Waals surface area contributed by atoms with Crippen molar-refractivity contribution in [2.24, 2.45) is 45.3 Å². The lowest BCUT2D eigenvalue weighted by Gasteiger charge is -2.56. The molecule has 4 nitrogen and oxygen atoms in total. The van der Waals surface area contributed by atoms with Crippen LogP contribution in [0.4, 0.5) is 0 Å². The Morgan fingerprint density at radius 3 is 2.58 bits per heavy atom. The van der Waals surface area contributed by atoms with Crippen molar-refractivity contribution >= 4 is 5.91 Å². The number of aliphatic hydroxyl groups is 1. The molecule has 1 saturated heterocycles. The fourth-order valence-electron chi connectivity index (χ4n) is 10.5. The Hall–Kier alpha value is -0.610. The number of carbonyl (C=O) groups excluding carboxylic acids is 1. The molecular formula is C29H49NO3. The van der Waals surface area contributed by atoms with Crippen LogP contribution in [-0.4, -0.2) is 36.4 Å². The van der Waals surface area contributed by atoms with Crippen LogP contribution in [0.25, 0.3) is 0 Å². The van der Waals surface area contributed by atoms with Crippen LogP contribution in [0.5, 0.6) is 0 Å². The Balaban J connectivity index is 1.34. The first-order valence-corrected chi connectivity index (χ1v) is 14.1. The molecule has 6 unspecified atom stereocenters. The van der Waals surface area contributed by atoms with E-state index in [-0.39, 0.29) is 11.3 Å². The van der Waals surface area contributed by atoms with Gasteiger partial charge in [0.15, 0.2) is 0 Å². The number of aliphatic hydroxyl groups excluding tert-OH is 1. The zero-order valence-corrected chi connectivity index (χ0v) is 21.9. The summed E-state index contributed by atoms with van der Waals surface area (Å²) in [7, 11) is 0. The lowest BCUT2D eigenvalue weighted by Crippen LogP contribution is -2.50. The summed E-state index contributed by atoms with van der Waals surface area (Å²) >= 11 is 0. The fourth-order valence-corrected chi connectivity index (χ4v) is 10.5. The van der Waals surface area contributed by atoms with Crippen molar-refractivity contribution in [1.82, 2.24) is 5.32 Å². The molecule has 4 heteroatoms. The quantitative estimate of drug-likeness (QED) is 0.512. The molecule has 188 valence electrons. The molecule has 5 rings (SSSR count). The smallest absolute Gasteiger partial charge is 0.216 e. The van der Waals surface area contributed by atoms with Crippen LogP contribution < -0.4 is 5.32 Å². The number of amides is 1. The average molecular weight is 460 g/mol. The van der Waals surface area contributed by atoms with Crippen molar-refractivity contribution < 1.29 is 14.6 Å². The standard InChI is InChI=1S/C29H49NO3/c1-6-12-29-17-28(29)14-13-27(5)22-8-7-20(11-15-30-19(2)32)33-24(22)16-23(27)21(28)9-10-25(29)26(3,4)18-31/h20-25,31H,6-18H2,1-5H3,(H,30,32)/t20?,21?,22?,23?,24?,25?,27-,28+,29-/m1/s1. The molecular weight excluding hydrogens is 410 g/mol. The molecule has 9 atom stereocenters. The summed E-state index contributed by atoms with van der Waals surface area (Å²) in [6.07, 6.45) is 15.0. The first-order chi connectivity index (χ1) is 15.6. The van der Waals surface area contributed by atoms with Crippen molar-refractivity contribution in [2.75, 3.05) is 13.2 Å². The molecule has 4 saturated carbocycles. The molecule has 0 aromatic rings. The Kier molecular flexibility index (Phi) is 6.00. The van der Waals surface area contributed by atoms with Crippen molar-refractivity contribution in [3.63, 3.8) is 0 Å². The zero-order chi connectivity index (χ0) is 23.6. The van der Waals surface area contributed by atoms with Gasteiger partial charge in [-0.1, -0.05) is 34.1 Å². The Morgan fingerprint density at radius 1 is 1.12 bits per heavy atom. The van der Waals surface area contributed by atoms with E-state index in [1.807, 2.05) is 0 Å². The number of nitrogens with one attached hydrogen (secondary N) is 1. The molecule has 0 aromatic carbocycles.